The van der Waals surface area contributed by atoms with Crippen molar-refractivity contribution in [1.29, 1.82) is 0 Å². The predicted molar refractivity (Wildman–Crippen MR) is 83.6 cm³/mol. The van der Waals surface area contributed by atoms with Crippen LogP contribution in [0.2, 0.25) is 0 Å². The average Bonchev–Trinajstić information content (AvgIpc) is 2.53. The van der Waals surface area contributed by atoms with Gasteiger partial charge in [-0.15, -0.1) is 0 Å². The van der Waals surface area contributed by atoms with Crippen LogP contribution in [0.1, 0.15) is 25.7 Å². The molecule has 0 aliphatic carbocycles. The number of benzene rings is 1. The molecule has 110 valence electrons. The van der Waals surface area contributed by atoms with Gasteiger partial charge in [0.2, 0.25) is 5.91 Å². The fourth-order valence-electron chi connectivity index (χ4n) is 1.96. The third-order valence-corrected chi connectivity index (χ3v) is 3.08. The molecule has 0 saturated heterocycles. The van der Waals surface area contributed by atoms with Gasteiger partial charge in [0.25, 0.3) is 0 Å². The molecule has 0 radical (unpaired) electrons. The summed E-state index contributed by atoms with van der Waals surface area (Å²) in [5.41, 5.74) is 6.99. The third-order valence-electron chi connectivity index (χ3n) is 3.08. The minimum atomic E-state index is -0.0110. The molecule has 1 aromatic heterocycles. The molecule has 0 unspecified atom stereocenters. The first kappa shape index (κ1) is 15.1. The molecule has 0 aliphatic heterocycles. The number of hydrogen-bond donors (Lipinski definition) is 2. The number of nitrogens with two attached hydrogens (primary N) is 1. The van der Waals surface area contributed by atoms with Gasteiger partial charge in [0.1, 0.15) is 0 Å². The molecule has 0 aliphatic rings. The highest BCUT2D eigenvalue weighted by Gasteiger charge is 2.04. The summed E-state index contributed by atoms with van der Waals surface area (Å²) in [5.74, 6) is 0.639. The van der Waals surface area contributed by atoms with Crippen molar-refractivity contribution in [2.75, 3.05) is 11.9 Å². The molecule has 0 saturated carbocycles. The van der Waals surface area contributed by atoms with E-state index in [1.165, 1.54) is 0 Å². The van der Waals surface area contributed by atoms with Crippen molar-refractivity contribution in [2.24, 2.45) is 5.73 Å². The van der Waals surface area contributed by atoms with Crippen LogP contribution in [0, 0.1) is 0 Å². The third kappa shape index (κ3) is 4.96. The minimum Gasteiger partial charge on any atom is -0.330 e. The zero-order valence-corrected chi connectivity index (χ0v) is 12.0. The lowest BCUT2D eigenvalue weighted by Gasteiger charge is -2.05. The van der Waals surface area contributed by atoms with Crippen molar-refractivity contribution >= 4 is 11.6 Å². The van der Waals surface area contributed by atoms with E-state index in [1.54, 1.807) is 12.4 Å². The number of nitrogens with one attached hydrogen (secondary N) is 1. The second-order valence-corrected chi connectivity index (χ2v) is 4.81. The molecule has 21 heavy (non-hydrogen) atoms. The van der Waals surface area contributed by atoms with E-state index in [-0.39, 0.29) is 5.91 Å². The van der Waals surface area contributed by atoms with Crippen LogP contribution < -0.4 is 11.1 Å². The van der Waals surface area contributed by atoms with Gasteiger partial charge < -0.3 is 11.1 Å². The fraction of sp³-hybridized carbons (Fsp3) is 0.312. The first-order chi connectivity index (χ1) is 10.3. The SMILES string of the molecule is NCCCCCC(=O)Nc1cnc(-c2ccccc2)nc1. The average molecular weight is 284 g/mol. The van der Waals surface area contributed by atoms with Crippen molar-refractivity contribution in [1.82, 2.24) is 9.97 Å². The number of aromatic nitrogens is 2. The Labute approximate surface area is 124 Å². The van der Waals surface area contributed by atoms with Crippen LogP contribution in [-0.2, 0) is 4.79 Å². The van der Waals surface area contributed by atoms with Gasteiger partial charge in [-0.2, -0.15) is 0 Å². The zero-order chi connectivity index (χ0) is 14.9. The molecule has 3 N–H and O–H groups in total. The van der Waals surface area contributed by atoms with E-state index in [0.29, 0.717) is 24.5 Å². The summed E-state index contributed by atoms with van der Waals surface area (Å²) in [6.07, 6.45) is 6.56. The molecule has 5 nitrogen and oxygen atoms in total. The van der Waals surface area contributed by atoms with Gasteiger partial charge in [-0.1, -0.05) is 36.8 Å². The van der Waals surface area contributed by atoms with Crippen molar-refractivity contribution in [2.45, 2.75) is 25.7 Å². The Balaban J connectivity index is 1.86. The van der Waals surface area contributed by atoms with E-state index < -0.39 is 0 Å². The zero-order valence-electron chi connectivity index (χ0n) is 12.0. The summed E-state index contributed by atoms with van der Waals surface area (Å²) >= 11 is 0. The van der Waals surface area contributed by atoms with Crippen molar-refractivity contribution in [3.05, 3.63) is 42.7 Å². The summed E-state index contributed by atoms with van der Waals surface area (Å²) in [4.78, 5) is 20.3. The lowest BCUT2D eigenvalue weighted by Crippen LogP contribution is -2.12. The molecule has 1 heterocycles. The van der Waals surface area contributed by atoms with Crippen molar-refractivity contribution in [3.8, 4) is 11.4 Å². The number of carbonyl (C=O) groups is 1. The molecular weight excluding hydrogens is 264 g/mol. The maximum atomic E-state index is 11.7. The van der Waals surface area contributed by atoms with Crippen LogP contribution in [0.3, 0.4) is 0 Å². The number of unbranched alkanes of at least 4 members (excludes halogenated alkanes) is 2. The quantitative estimate of drug-likeness (QED) is 0.766. The van der Waals surface area contributed by atoms with Crippen LogP contribution >= 0.6 is 0 Å². The van der Waals surface area contributed by atoms with Gasteiger partial charge in [-0.05, 0) is 19.4 Å². The second-order valence-electron chi connectivity index (χ2n) is 4.81. The number of anilines is 1. The van der Waals surface area contributed by atoms with Crippen LogP contribution in [-0.4, -0.2) is 22.4 Å². The molecule has 5 heteroatoms. The molecule has 2 aromatic rings. The van der Waals surface area contributed by atoms with E-state index in [1.807, 2.05) is 30.3 Å². The monoisotopic (exact) mass is 284 g/mol. The number of hydrogen-bond acceptors (Lipinski definition) is 4. The highest BCUT2D eigenvalue weighted by molar-refractivity contribution is 5.90. The molecular formula is C16H20N4O. The maximum Gasteiger partial charge on any atom is 0.224 e. The Morgan fingerprint density at radius 3 is 2.43 bits per heavy atom. The van der Waals surface area contributed by atoms with Gasteiger partial charge >= 0.3 is 0 Å². The van der Waals surface area contributed by atoms with E-state index in [0.717, 1.165) is 24.8 Å². The predicted octanol–water partition coefficient (Wildman–Crippen LogP) is 2.60. The Hall–Kier alpha value is -2.27. The van der Waals surface area contributed by atoms with Crippen molar-refractivity contribution < 1.29 is 4.79 Å². The summed E-state index contributed by atoms with van der Waals surface area (Å²) in [5, 5.41) is 2.80. The molecule has 2 rings (SSSR count). The number of amides is 1. The van der Waals surface area contributed by atoms with Crippen LogP contribution in [0.4, 0.5) is 5.69 Å². The lowest BCUT2D eigenvalue weighted by atomic mass is 10.2. The molecule has 1 amide bonds. The summed E-state index contributed by atoms with van der Waals surface area (Å²) in [7, 11) is 0. The topological polar surface area (TPSA) is 80.9 Å². The highest BCUT2D eigenvalue weighted by atomic mass is 16.1. The van der Waals surface area contributed by atoms with Gasteiger partial charge in [-0.25, -0.2) is 9.97 Å². The van der Waals surface area contributed by atoms with E-state index >= 15 is 0 Å². The summed E-state index contributed by atoms with van der Waals surface area (Å²) in [6, 6.07) is 9.73. The summed E-state index contributed by atoms with van der Waals surface area (Å²) in [6.45, 7) is 0.677. The molecule has 1 aromatic carbocycles. The first-order valence-corrected chi connectivity index (χ1v) is 7.17. The van der Waals surface area contributed by atoms with Gasteiger partial charge in [0.05, 0.1) is 18.1 Å². The molecule has 0 atom stereocenters. The van der Waals surface area contributed by atoms with E-state index in [4.69, 9.17) is 5.73 Å². The van der Waals surface area contributed by atoms with Crippen LogP contribution in [0.25, 0.3) is 11.4 Å². The second kappa shape index (κ2) is 8.11. The lowest BCUT2D eigenvalue weighted by molar-refractivity contribution is -0.116. The maximum absolute atomic E-state index is 11.7. The number of carbonyl (C=O) groups excluding carboxylic acids is 1. The Kier molecular flexibility index (Phi) is 5.84. The van der Waals surface area contributed by atoms with E-state index in [2.05, 4.69) is 15.3 Å². The largest absolute Gasteiger partial charge is 0.330 e. The van der Waals surface area contributed by atoms with Crippen LogP contribution in [0.15, 0.2) is 42.7 Å². The standard InChI is InChI=1S/C16H20N4O/c17-10-6-2-5-9-15(21)20-14-11-18-16(19-12-14)13-7-3-1-4-8-13/h1,3-4,7-8,11-12H,2,5-6,9-10,17H2,(H,20,21). The molecule has 0 spiro atoms. The highest BCUT2D eigenvalue weighted by Crippen LogP contribution is 2.15. The number of nitrogens with zero attached hydrogens (tertiary/aromatic N) is 2. The summed E-state index contributed by atoms with van der Waals surface area (Å²) < 4.78 is 0. The Morgan fingerprint density at radius 1 is 1.05 bits per heavy atom. The fourth-order valence-corrected chi connectivity index (χ4v) is 1.96. The van der Waals surface area contributed by atoms with E-state index in [9.17, 15) is 4.79 Å². The Bertz CT molecular complexity index is 554. The Morgan fingerprint density at radius 2 is 1.76 bits per heavy atom. The number of rotatable bonds is 7. The van der Waals surface area contributed by atoms with Gasteiger partial charge in [-0.3, -0.25) is 4.79 Å². The smallest absolute Gasteiger partial charge is 0.224 e. The van der Waals surface area contributed by atoms with Gasteiger partial charge in [0, 0.05) is 12.0 Å². The minimum absolute atomic E-state index is 0.0110. The molecule has 0 fully saturated rings. The normalized spacial score (nSPS) is 10.3. The molecule has 0 bridgehead atoms. The van der Waals surface area contributed by atoms with Crippen LogP contribution in [0.5, 0.6) is 0 Å². The first-order valence-electron chi connectivity index (χ1n) is 7.17. The van der Waals surface area contributed by atoms with Crippen molar-refractivity contribution in [3.63, 3.8) is 0 Å². The van der Waals surface area contributed by atoms with Gasteiger partial charge in [0.15, 0.2) is 5.82 Å².